The molecule has 3 saturated heterocycles. The Balaban J connectivity index is 1.45. The Morgan fingerprint density at radius 3 is 2.51 bits per heavy atom. The first-order chi connectivity index (χ1) is 22.8. The van der Waals surface area contributed by atoms with Crippen LogP contribution in [0.15, 0.2) is 98.1 Å². The summed E-state index contributed by atoms with van der Waals surface area (Å²) in [5, 5.41) is 12.9. The summed E-state index contributed by atoms with van der Waals surface area (Å²) in [6, 6.07) is 21.6. The summed E-state index contributed by atoms with van der Waals surface area (Å²) in [5.41, 5.74) is -0.581. The van der Waals surface area contributed by atoms with E-state index in [0.717, 1.165) is 16.3 Å². The standard InChI is InChI=1S/C39H44N2O6/c1-4-7-13-23-46-37(45)33-32-35(43)41(31(26-42)24-27-14-9-8-10-15-27)34(39(32)21-20-38(33,6-3)47-39)36(44)40(22-5-2)30-19-18-28-16-11-12-17-29(28)25-30/h4-5,8-12,14-19,25,31-34,42H,1-2,6-7,13,20-24,26H2,3H3/t31-,32+,33-,34?,38+,39?/m1/s1. The molecule has 6 atom stereocenters. The average Bonchev–Trinajstić information content (AvgIpc) is 3.71. The second-order valence-corrected chi connectivity index (χ2v) is 13.0. The van der Waals surface area contributed by atoms with E-state index in [9.17, 15) is 14.7 Å². The van der Waals surface area contributed by atoms with Crippen LogP contribution in [0.2, 0.25) is 0 Å². The zero-order chi connectivity index (χ0) is 33.2. The number of anilines is 1. The van der Waals surface area contributed by atoms with Crippen LogP contribution in [0.5, 0.6) is 0 Å². The molecular weight excluding hydrogens is 592 g/mol. The monoisotopic (exact) mass is 636 g/mol. The van der Waals surface area contributed by atoms with Crippen molar-refractivity contribution in [1.82, 2.24) is 4.90 Å². The molecule has 1 spiro atoms. The third-order valence-corrected chi connectivity index (χ3v) is 10.4. The molecule has 2 bridgehead atoms. The normalized spacial score (nSPS) is 26.6. The number of aliphatic hydroxyl groups is 1. The first-order valence-electron chi connectivity index (χ1n) is 16.7. The van der Waals surface area contributed by atoms with Gasteiger partial charge in [-0.1, -0.05) is 79.7 Å². The van der Waals surface area contributed by atoms with Crippen LogP contribution in [0.25, 0.3) is 10.8 Å². The smallest absolute Gasteiger partial charge is 0.312 e. The van der Waals surface area contributed by atoms with Crippen LogP contribution in [0.1, 0.15) is 44.6 Å². The lowest BCUT2D eigenvalue weighted by molar-refractivity contribution is -0.162. The largest absolute Gasteiger partial charge is 0.465 e. The topological polar surface area (TPSA) is 96.4 Å². The molecule has 1 N–H and O–H groups in total. The summed E-state index contributed by atoms with van der Waals surface area (Å²) in [5.74, 6) is -2.91. The Labute approximate surface area is 276 Å². The van der Waals surface area contributed by atoms with Crippen molar-refractivity contribution in [2.24, 2.45) is 11.8 Å². The highest BCUT2D eigenvalue weighted by Crippen LogP contribution is 2.65. The highest BCUT2D eigenvalue weighted by Gasteiger charge is 2.79. The fourth-order valence-corrected chi connectivity index (χ4v) is 8.26. The molecular formula is C39H44N2O6. The van der Waals surface area contributed by atoms with E-state index in [0.29, 0.717) is 44.2 Å². The molecule has 2 amide bonds. The van der Waals surface area contributed by atoms with Crippen molar-refractivity contribution in [1.29, 1.82) is 0 Å². The van der Waals surface area contributed by atoms with Gasteiger partial charge < -0.3 is 24.4 Å². The van der Waals surface area contributed by atoms with Gasteiger partial charge in [-0.05, 0) is 67.0 Å². The van der Waals surface area contributed by atoms with Crippen LogP contribution in [0, 0.1) is 11.8 Å². The van der Waals surface area contributed by atoms with Crippen molar-refractivity contribution in [3.05, 3.63) is 104 Å². The Kier molecular flexibility index (Phi) is 9.35. The van der Waals surface area contributed by atoms with Gasteiger partial charge in [-0.15, -0.1) is 13.2 Å². The predicted molar refractivity (Wildman–Crippen MR) is 182 cm³/mol. The predicted octanol–water partition coefficient (Wildman–Crippen LogP) is 5.63. The molecule has 3 aromatic carbocycles. The molecule has 3 heterocycles. The summed E-state index contributed by atoms with van der Waals surface area (Å²) < 4.78 is 12.7. The fourth-order valence-electron chi connectivity index (χ4n) is 8.26. The van der Waals surface area contributed by atoms with Gasteiger partial charge in [-0.25, -0.2) is 0 Å². The molecule has 8 heteroatoms. The van der Waals surface area contributed by atoms with Crippen molar-refractivity contribution >= 4 is 34.2 Å². The van der Waals surface area contributed by atoms with E-state index in [1.165, 1.54) is 0 Å². The maximum Gasteiger partial charge on any atom is 0.312 e. The lowest BCUT2D eigenvalue weighted by atomic mass is 9.65. The highest BCUT2D eigenvalue weighted by atomic mass is 16.6. The van der Waals surface area contributed by atoms with Crippen LogP contribution in [-0.2, 0) is 30.3 Å². The minimum Gasteiger partial charge on any atom is -0.465 e. The molecule has 3 aliphatic rings. The van der Waals surface area contributed by atoms with E-state index in [2.05, 4.69) is 13.2 Å². The number of nitrogens with zero attached hydrogens (tertiary/aromatic N) is 2. The fraction of sp³-hybridized carbons (Fsp3) is 0.410. The number of esters is 1. The van der Waals surface area contributed by atoms with Gasteiger partial charge in [0.05, 0.1) is 30.8 Å². The second-order valence-electron chi connectivity index (χ2n) is 13.0. The first-order valence-corrected chi connectivity index (χ1v) is 16.7. The third kappa shape index (κ3) is 5.57. The Bertz CT molecular complexity index is 1660. The van der Waals surface area contributed by atoms with Crippen LogP contribution in [0.4, 0.5) is 5.69 Å². The SMILES string of the molecule is C=CCCCOC(=O)[C@H]1[C@H]2C(=O)N([C@@H](CO)Cc3ccccc3)C(C(=O)N(CC=C)c3ccc4ccccc4c3)C23CC[C@]1(CC)O3. The summed E-state index contributed by atoms with van der Waals surface area (Å²) in [6.45, 7) is 9.69. The van der Waals surface area contributed by atoms with Crippen molar-refractivity contribution in [2.45, 2.75) is 68.7 Å². The number of carbonyl (C=O) groups excluding carboxylic acids is 3. The van der Waals surface area contributed by atoms with Gasteiger partial charge >= 0.3 is 5.97 Å². The Morgan fingerprint density at radius 2 is 1.81 bits per heavy atom. The molecule has 3 aliphatic heterocycles. The number of allylic oxidation sites excluding steroid dienone is 1. The summed E-state index contributed by atoms with van der Waals surface area (Å²) in [6.07, 6.45) is 6.58. The summed E-state index contributed by atoms with van der Waals surface area (Å²) in [7, 11) is 0. The molecule has 8 nitrogen and oxygen atoms in total. The van der Waals surface area contributed by atoms with Crippen LogP contribution in [0.3, 0.4) is 0 Å². The maximum atomic E-state index is 15.1. The molecule has 6 rings (SSSR count). The van der Waals surface area contributed by atoms with E-state index in [1.54, 1.807) is 22.0 Å². The number of amides is 2. The molecule has 246 valence electrons. The van der Waals surface area contributed by atoms with Crippen molar-refractivity contribution < 1.29 is 29.0 Å². The van der Waals surface area contributed by atoms with Gasteiger partial charge in [0, 0.05) is 12.2 Å². The lowest BCUT2D eigenvalue weighted by Crippen LogP contribution is -2.59. The molecule has 0 radical (unpaired) electrons. The summed E-state index contributed by atoms with van der Waals surface area (Å²) >= 11 is 0. The van der Waals surface area contributed by atoms with E-state index >= 15 is 4.79 Å². The maximum absolute atomic E-state index is 15.1. The minimum absolute atomic E-state index is 0.201. The zero-order valence-electron chi connectivity index (χ0n) is 27.1. The summed E-state index contributed by atoms with van der Waals surface area (Å²) in [4.78, 5) is 47.1. The average molecular weight is 637 g/mol. The number of hydrogen-bond donors (Lipinski definition) is 1. The first kappa shape index (κ1) is 32.7. The molecule has 0 aromatic heterocycles. The van der Waals surface area contributed by atoms with Crippen molar-refractivity contribution in [2.75, 3.05) is 24.7 Å². The van der Waals surface area contributed by atoms with Gasteiger partial charge in [0.25, 0.3) is 5.91 Å². The van der Waals surface area contributed by atoms with E-state index in [-0.39, 0.29) is 31.6 Å². The minimum atomic E-state index is -1.25. The number of aliphatic hydroxyl groups excluding tert-OH is 1. The Hall–Kier alpha value is -4.27. The van der Waals surface area contributed by atoms with E-state index in [1.807, 2.05) is 79.7 Å². The molecule has 0 saturated carbocycles. The van der Waals surface area contributed by atoms with Gasteiger partial charge in [-0.2, -0.15) is 0 Å². The second kappa shape index (κ2) is 13.5. The lowest BCUT2D eigenvalue weighted by Gasteiger charge is -2.39. The van der Waals surface area contributed by atoms with Crippen LogP contribution < -0.4 is 4.90 Å². The van der Waals surface area contributed by atoms with Gasteiger partial charge in [0.1, 0.15) is 17.6 Å². The number of ether oxygens (including phenoxy) is 2. The molecule has 3 fully saturated rings. The quantitative estimate of drug-likeness (QED) is 0.140. The van der Waals surface area contributed by atoms with Crippen molar-refractivity contribution in [3.8, 4) is 0 Å². The third-order valence-electron chi connectivity index (χ3n) is 10.4. The number of benzene rings is 3. The number of likely N-dealkylation sites (tertiary alicyclic amines) is 1. The van der Waals surface area contributed by atoms with E-state index < -0.39 is 41.1 Å². The number of unbranched alkanes of at least 4 members (excludes halogenated alkanes) is 1. The van der Waals surface area contributed by atoms with Crippen LogP contribution in [-0.4, -0.2) is 70.8 Å². The Morgan fingerprint density at radius 1 is 1.06 bits per heavy atom. The molecule has 3 aromatic rings. The molecule has 2 unspecified atom stereocenters. The highest BCUT2D eigenvalue weighted by molar-refractivity contribution is 6.06. The number of carbonyl (C=O) groups is 3. The van der Waals surface area contributed by atoms with Gasteiger partial charge in [-0.3, -0.25) is 14.4 Å². The number of hydrogen-bond acceptors (Lipinski definition) is 6. The molecule has 0 aliphatic carbocycles. The number of fused-ring (bicyclic) bond motifs is 2. The van der Waals surface area contributed by atoms with Gasteiger partial charge in [0.15, 0.2) is 0 Å². The van der Waals surface area contributed by atoms with Gasteiger partial charge in [0.2, 0.25) is 5.91 Å². The van der Waals surface area contributed by atoms with Crippen LogP contribution >= 0.6 is 0 Å². The van der Waals surface area contributed by atoms with Crippen molar-refractivity contribution in [3.63, 3.8) is 0 Å². The number of rotatable bonds is 14. The van der Waals surface area contributed by atoms with E-state index in [4.69, 9.17) is 9.47 Å². The molecule has 47 heavy (non-hydrogen) atoms. The zero-order valence-corrected chi connectivity index (χ0v) is 27.1.